The van der Waals surface area contributed by atoms with E-state index in [0.717, 1.165) is 23.0 Å². The lowest BCUT2D eigenvalue weighted by Crippen LogP contribution is -2.32. The molecule has 198 valence electrons. The molecular formula is C28H34FN3O4S. The van der Waals surface area contributed by atoms with E-state index >= 15 is 0 Å². The standard InChI is InChI=1S/C28H34FN3O4S/c1-5-22-23(15-30-26(33)24(37)14-17(3)4)32(28(31-22)36-6-2)16-18-10-12-19(13-11-18)20-8-7-9-21(29)25(20)27(34)35/h7-13,17,24,37H,5-6,14-16H2,1-4H3,(H,30,33)(H,34,35). The number of hydrogen-bond donors (Lipinski definition) is 3. The predicted molar refractivity (Wildman–Crippen MR) is 145 cm³/mol. The normalized spacial score (nSPS) is 12.0. The smallest absolute Gasteiger partial charge is 0.339 e. The molecule has 3 rings (SSSR count). The fourth-order valence-corrected chi connectivity index (χ4v) is 4.70. The van der Waals surface area contributed by atoms with E-state index in [0.29, 0.717) is 55.6 Å². The van der Waals surface area contributed by atoms with E-state index in [2.05, 4.69) is 36.8 Å². The Morgan fingerprint density at radius 2 is 1.86 bits per heavy atom. The molecule has 0 bridgehead atoms. The number of hydrogen-bond acceptors (Lipinski definition) is 5. The highest BCUT2D eigenvalue weighted by Crippen LogP contribution is 2.27. The van der Waals surface area contributed by atoms with Crippen molar-refractivity contribution in [2.75, 3.05) is 6.61 Å². The number of thiol groups is 1. The summed E-state index contributed by atoms with van der Waals surface area (Å²) < 4.78 is 21.9. The van der Waals surface area contributed by atoms with Gasteiger partial charge in [-0.05, 0) is 48.4 Å². The molecule has 2 N–H and O–H groups in total. The van der Waals surface area contributed by atoms with Crippen molar-refractivity contribution in [1.29, 1.82) is 0 Å². The van der Waals surface area contributed by atoms with Gasteiger partial charge in [0, 0.05) is 0 Å². The van der Waals surface area contributed by atoms with Crippen LogP contribution in [0.25, 0.3) is 11.1 Å². The summed E-state index contributed by atoms with van der Waals surface area (Å²) in [5, 5.41) is 12.1. The fraction of sp³-hybridized carbons (Fsp3) is 0.393. The minimum atomic E-state index is -1.31. The Morgan fingerprint density at radius 3 is 2.46 bits per heavy atom. The van der Waals surface area contributed by atoms with Crippen LogP contribution in [0.15, 0.2) is 42.5 Å². The van der Waals surface area contributed by atoms with E-state index in [4.69, 9.17) is 4.74 Å². The van der Waals surface area contributed by atoms with Crippen LogP contribution in [0.4, 0.5) is 4.39 Å². The average molecular weight is 528 g/mol. The van der Waals surface area contributed by atoms with Crippen LogP contribution >= 0.6 is 12.6 Å². The molecule has 0 radical (unpaired) electrons. The Labute approximate surface area is 222 Å². The van der Waals surface area contributed by atoms with E-state index in [1.807, 2.05) is 30.5 Å². The van der Waals surface area contributed by atoms with Gasteiger partial charge in [0.15, 0.2) is 0 Å². The topological polar surface area (TPSA) is 93.5 Å². The summed E-state index contributed by atoms with van der Waals surface area (Å²) in [6.07, 6.45) is 1.35. The van der Waals surface area contributed by atoms with E-state index < -0.39 is 11.8 Å². The number of carbonyl (C=O) groups is 2. The highest BCUT2D eigenvalue weighted by atomic mass is 32.1. The second kappa shape index (κ2) is 12.8. The van der Waals surface area contributed by atoms with Gasteiger partial charge in [0.2, 0.25) is 5.91 Å². The maximum Gasteiger partial charge on any atom is 0.339 e. The molecule has 7 nitrogen and oxygen atoms in total. The third-order valence-electron chi connectivity index (χ3n) is 5.99. The first-order valence-corrected chi connectivity index (χ1v) is 13.0. The molecule has 0 aliphatic carbocycles. The zero-order valence-corrected chi connectivity index (χ0v) is 22.5. The van der Waals surface area contributed by atoms with Crippen LogP contribution in [0.2, 0.25) is 0 Å². The zero-order chi connectivity index (χ0) is 27.1. The van der Waals surface area contributed by atoms with Gasteiger partial charge >= 0.3 is 5.97 Å². The molecule has 0 aliphatic rings. The number of nitrogens with one attached hydrogen (secondary N) is 1. The summed E-state index contributed by atoms with van der Waals surface area (Å²) in [5.74, 6) is -1.85. The van der Waals surface area contributed by atoms with Crippen molar-refractivity contribution in [3.8, 4) is 17.1 Å². The summed E-state index contributed by atoms with van der Waals surface area (Å²) in [5.41, 5.74) is 3.17. The molecule has 1 aromatic heterocycles. The van der Waals surface area contributed by atoms with Crippen molar-refractivity contribution in [3.63, 3.8) is 0 Å². The molecule has 0 fully saturated rings. The molecule has 37 heavy (non-hydrogen) atoms. The first-order valence-electron chi connectivity index (χ1n) is 12.4. The molecular weight excluding hydrogens is 493 g/mol. The number of aromatic carboxylic acids is 1. The SMILES string of the molecule is CCOc1nc(CC)c(CNC(=O)C(S)CC(C)C)n1Cc1ccc(-c2cccc(F)c2C(=O)O)cc1. The number of rotatable bonds is 12. The van der Waals surface area contributed by atoms with Crippen LogP contribution in [-0.4, -0.2) is 38.4 Å². The quantitative estimate of drug-likeness (QED) is 0.276. The number of aromatic nitrogens is 2. The molecule has 0 spiro atoms. The second-order valence-corrected chi connectivity index (χ2v) is 9.81. The van der Waals surface area contributed by atoms with Gasteiger partial charge in [-0.1, -0.05) is 57.2 Å². The summed E-state index contributed by atoms with van der Waals surface area (Å²) in [6, 6.07) is 12.0. The molecule has 0 saturated carbocycles. The number of carbonyl (C=O) groups excluding carboxylic acids is 1. The first kappa shape index (κ1) is 28.2. The third kappa shape index (κ3) is 6.91. The highest BCUT2D eigenvalue weighted by Gasteiger charge is 2.21. The molecule has 9 heteroatoms. The maximum atomic E-state index is 14.2. The van der Waals surface area contributed by atoms with Gasteiger partial charge in [-0.25, -0.2) is 9.18 Å². The van der Waals surface area contributed by atoms with Crippen molar-refractivity contribution in [2.24, 2.45) is 5.92 Å². The Morgan fingerprint density at radius 1 is 1.16 bits per heavy atom. The van der Waals surface area contributed by atoms with Crippen molar-refractivity contribution in [3.05, 3.63) is 70.8 Å². The number of amides is 1. The van der Waals surface area contributed by atoms with E-state index in [1.165, 1.54) is 6.07 Å². The lowest BCUT2D eigenvalue weighted by molar-refractivity contribution is -0.121. The number of imidazole rings is 1. The number of nitrogens with zero attached hydrogens (tertiary/aromatic N) is 2. The van der Waals surface area contributed by atoms with Crippen molar-refractivity contribution in [2.45, 2.75) is 58.9 Å². The summed E-state index contributed by atoms with van der Waals surface area (Å²) in [6.45, 7) is 9.16. The van der Waals surface area contributed by atoms with Gasteiger partial charge in [0.05, 0.1) is 36.3 Å². The molecule has 1 unspecified atom stereocenters. The maximum absolute atomic E-state index is 14.2. The lowest BCUT2D eigenvalue weighted by Gasteiger charge is -2.16. The Hall–Kier alpha value is -3.33. The largest absolute Gasteiger partial charge is 0.478 e. The van der Waals surface area contributed by atoms with Crippen molar-refractivity contribution in [1.82, 2.24) is 14.9 Å². The van der Waals surface area contributed by atoms with Gasteiger partial charge in [0.1, 0.15) is 11.4 Å². The lowest BCUT2D eigenvalue weighted by atomic mass is 9.98. The van der Waals surface area contributed by atoms with Crippen LogP contribution in [-0.2, 0) is 24.3 Å². The molecule has 2 aromatic carbocycles. The number of ether oxygens (including phenoxy) is 1. The summed E-state index contributed by atoms with van der Waals surface area (Å²) in [7, 11) is 0. The Bertz CT molecular complexity index is 1240. The summed E-state index contributed by atoms with van der Waals surface area (Å²) in [4.78, 5) is 28.9. The van der Waals surface area contributed by atoms with Crippen LogP contribution in [0, 0.1) is 11.7 Å². The minimum Gasteiger partial charge on any atom is -0.478 e. The summed E-state index contributed by atoms with van der Waals surface area (Å²) >= 11 is 4.45. The van der Waals surface area contributed by atoms with Crippen LogP contribution in [0.1, 0.15) is 61.4 Å². The van der Waals surface area contributed by atoms with Crippen LogP contribution in [0.3, 0.4) is 0 Å². The second-order valence-electron chi connectivity index (χ2n) is 9.19. The average Bonchev–Trinajstić information content (AvgIpc) is 3.18. The van der Waals surface area contributed by atoms with Gasteiger partial charge in [-0.3, -0.25) is 9.36 Å². The highest BCUT2D eigenvalue weighted by molar-refractivity contribution is 7.81. The first-order chi connectivity index (χ1) is 17.7. The van der Waals surface area contributed by atoms with Gasteiger partial charge in [-0.15, -0.1) is 0 Å². The molecule has 1 heterocycles. The van der Waals surface area contributed by atoms with Crippen LogP contribution < -0.4 is 10.1 Å². The predicted octanol–water partition coefficient (Wildman–Crippen LogP) is 5.36. The van der Waals surface area contributed by atoms with E-state index in [-0.39, 0.29) is 16.7 Å². The molecule has 3 aromatic rings. The molecule has 0 saturated heterocycles. The van der Waals surface area contributed by atoms with E-state index in [9.17, 15) is 19.1 Å². The van der Waals surface area contributed by atoms with Crippen molar-refractivity contribution < 1.29 is 23.8 Å². The van der Waals surface area contributed by atoms with E-state index in [1.54, 1.807) is 18.2 Å². The van der Waals surface area contributed by atoms with Gasteiger partial charge in [-0.2, -0.15) is 17.6 Å². The van der Waals surface area contributed by atoms with Gasteiger partial charge in [0.25, 0.3) is 6.01 Å². The Balaban J connectivity index is 1.89. The minimum absolute atomic E-state index is 0.126. The number of carboxylic acids is 1. The third-order valence-corrected chi connectivity index (χ3v) is 6.43. The molecule has 1 atom stereocenters. The zero-order valence-electron chi connectivity index (χ0n) is 21.6. The fourth-order valence-electron chi connectivity index (χ4n) is 4.19. The number of carboxylic acid groups (broad SMARTS) is 1. The number of halogens is 1. The number of aryl methyl sites for hydroxylation is 1. The Kier molecular flexibility index (Phi) is 9.74. The van der Waals surface area contributed by atoms with Crippen LogP contribution in [0.5, 0.6) is 6.01 Å². The molecule has 0 aliphatic heterocycles. The van der Waals surface area contributed by atoms with Gasteiger partial charge < -0.3 is 15.2 Å². The number of benzene rings is 2. The molecule has 1 amide bonds. The van der Waals surface area contributed by atoms with Crippen molar-refractivity contribution >= 4 is 24.5 Å². The monoisotopic (exact) mass is 527 g/mol.